The molecule has 0 aliphatic rings. The molecule has 4 rings (SSSR count). The van der Waals surface area contributed by atoms with E-state index in [1.165, 1.54) is 12.1 Å². The predicted molar refractivity (Wildman–Crippen MR) is 95.7 cm³/mol. The first-order chi connectivity index (χ1) is 12.7. The Labute approximate surface area is 152 Å². The van der Waals surface area contributed by atoms with Crippen LogP contribution in [0.1, 0.15) is 0 Å². The molecule has 128 valence electrons. The van der Waals surface area contributed by atoms with Gasteiger partial charge in [-0.15, -0.1) is 11.3 Å². The molecule has 0 saturated carbocycles. The lowest BCUT2D eigenvalue weighted by atomic mass is 10.0. The van der Waals surface area contributed by atoms with E-state index < -0.39 is 0 Å². The number of hydrogen-bond acceptors (Lipinski definition) is 5. The van der Waals surface area contributed by atoms with Gasteiger partial charge in [0.15, 0.2) is 10.8 Å². The molecule has 0 unspecified atom stereocenters. The molecule has 0 saturated heterocycles. The zero-order valence-corrected chi connectivity index (χ0v) is 14.2. The van der Waals surface area contributed by atoms with Gasteiger partial charge in [-0.2, -0.15) is 9.59 Å². The molecule has 0 spiro atoms. The van der Waals surface area contributed by atoms with Crippen molar-refractivity contribution >= 4 is 17.5 Å². The summed E-state index contributed by atoms with van der Waals surface area (Å²) in [5.74, 6) is 0.545. The van der Waals surface area contributed by atoms with E-state index in [0.717, 1.165) is 33.2 Å². The number of furan rings is 1. The molecule has 26 heavy (non-hydrogen) atoms. The van der Waals surface area contributed by atoms with Gasteiger partial charge in [-0.3, -0.25) is 0 Å². The topological polar surface area (TPSA) is 60.2 Å². The molecule has 0 atom stereocenters. The van der Waals surface area contributed by atoms with E-state index in [2.05, 4.69) is 11.1 Å². The van der Waals surface area contributed by atoms with Gasteiger partial charge in [-0.25, -0.2) is 9.37 Å². The van der Waals surface area contributed by atoms with Gasteiger partial charge in [0.1, 0.15) is 5.82 Å². The predicted octanol–water partition coefficient (Wildman–Crippen LogP) is 5.29. The van der Waals surface area contributed by atoms with Crippen molar-refractivity contribution < 1.29 is 18.4 Å². The molecule has 0 amide bonds. The normalized spacial score (nSPS) is 9.88. The molecule has 4 nitrogen and oxygen atoms in total. The minimum absolute atomic E-state index is 0.229. The number of thiazole rings is 1. The quantitative estimate of drug-likeness (QED) is 0.495. The van der Waals surface area contributed by atoms with Crippen molar-refractivity contribution in [2.24, 2.45) is 0 Å². The fourth-order valence-electron chi connectivity index (χ4n) is 2.42. The molecule has 0 aliphatic carbocycles. The van der Waals surface area contributed by atoms with Crippen molar-refractivity contribution in [1.82, 2.24) is 4.98 Å². The average Bonchev–Trinajstić information content (AvgIpc) is 3.35. The molecule has 6 heteroatoms. The summed E-state index contributed by atoms with van der Waals surface area (Å²) in [5, 5.41) is 2.87. The van der Waals surface area contributed by atoms with Crippen LogP contribution >= 0.6 is 11.3 Å². The highest BCUT2D eigenvalue weighted by molar-refractivity contribution is 7.13. The van der Waals surface area contributed by atoms with Gasteiger partial charge >= 0.3 is 6.15 Å². The van der Waals surface area contributed by atoms with Gasteiger partial charge < -0.3 is 4.42 Å². The van der Waals surface area contributed by atoms with Crippen LogP contribution in [0.3, 0.4) is 0 Å². The lowest BCUT2D eigenvalue weighted by Crippen LogP contribution is -1.82. The number of rotatable bonds is 3. The number of hydrogen-bond donors (Lipinski definition) is 0. The van der Waals surface area contributed by atoms with Crippen LogP contribution < -0.4 is 0 Å². The Bertz CT molecular complexity index is 1020. The highest BCUT2D eigenvalue weighted by atomic mass is 32.1. The Morgan fingerprint density at radius 1 is 0.923 bits per heavy atom. The van der Waals surface area contributed by atoms with E-state index in [0.29, 0.717) is 0 Å². The molecule has 0 radical (unpaired) electrons. The van der Waals surface area contributed by atoms with E-state index in [-0.39, 0.29) is 12.0 Å². The average molecular weight is 365 g/mol. The molecule has 2 aromatic heterocycles. The highest BCUT2D eigenvalue weighted by Crippen LogP contribution is 2.31. The van der Waals surface area contributed by atoms with Crippen LogP contribution in [-0.4, -0.2) is 11.1 Å². The summed E-state index contributed by atoms with van der Waals surface area (Å²) in [6, 6.07) is 18.3. The third-order valence-electron chi connectivity index (χ3n) is 3.57. The second kappa shape index (κ2) is 8.16. The number of nitrogens with zero attached hydrogens (tertiary/aromatic N) is 1. The van der Waals surface area contributed by atoms with Crippen LogP contribution in [0.25, 0.3) is 33.2 Å². The highest BCUT2D eigenvalue weighted by Gasteiger charge is 2.09. The lowest BCUT2D eigenvalue weighted by molar-refractivity contribution is -0.191. The van der Waals surface area contributed by atoms with E-state index in [1.807, 2.05) is 35.7 Å². The van der Waals surface area contributed by atoms with Crippen molar-refractivity contribution in [3.63, 3.8) is 0 Å². The van der Waals surface area contributed by atoms with Crippen LogP contribution in [0.2, 0.25) is 0 Å². The van der Waals surface area contributed by atoms with E-state index >= 15 is 0 Å². The molecule has 0 aliphatic heterocycles. The molecule has 0 N–H and O–H groups in total. The Kier molecular flexibility index (Phi) is 5.49. The van der Waals surface area contributed by atoms with Crippen molar-refractivity contribution in [3.05, 3.63) is 78.1 Å². The first kappa shape index (κ1) is 17.5. The maximum atomic E-state index is 13.1. The Morgan fingerprint density at radius 2 is 1.65 bits per heavy atom. The maximum Gasteiger partial charge on any atom is 0.373 e. The smallest absolute Gasteiger partial charge is 0.373 e. The molecule has 2 heterocycles. The van der Waals surface area contributed by atoms with Crippen LogP contribution in [-0.2, 0) is 9.59 Å². The van der Waals surface area contributed by atoms with Gasteiger partial charge in [0.05, 0.1) is 12.0 Å². The molecule has 2 aromatic carbocycles. The standard InChI is InChI=1S/C19H12FNOS.CO2/c20-16-8-6-13(7-9-16)14-3-1-4-15(11-14)17-12-23-19(21-17)18-5-2-10-22-18;2-1-3/h1-12H;. The van der Waals surface area contributed by atoms with Crippen LogP contribution in [0.4, 0.5) is 4.39 Å². The minimum Gasteiger partial charge on any atom is -0.462 e. The first-order valence-electron chi connectivity index (χ1n) is 7.56. The Hall–Kier alpha value is -3.34. The van der Waals surface area contributed by atoms with E-state index in [4.69, 9.17) is 14.0 Å². The second-order valence-electron chi connectivity index (χ2n) is 5.19. The monoisotopic (exact) mass is 365 g/mol. The van der Waals surface area contributed by atoms with Gasteiger partial charge in [-0.05, 0) is 41.5 Å². The van der Waals surface area contributed by atoms with Gasteiger partial charge in [0, 0.05) is 10.9 Å². The summed E-state index contributed by atoms with van der Waals surface area (Å²) < 4.78 is 18.5. The Balaban J connectivity index is 0.000000613. The zero-order valence-electron chi connectivity index (χ0n) is 13.4. The van der Waals surface area contributed by atoms with E-state index in [9.17, 15) is 4.39 Å². The fraction of sp³-hybridized carbons (Fsp3) is 0. The van der Waals surface area contributed by atoms with Gasteiger partial charge in [0.2, 0.25) is 0 Å². The third kappa shape index (κ3) is 4.00. The van der Waals surface area contributed by atoms with Crippen molar-refractivity contribution in [2.45, 2.75) is 0 Å². The first-order valence-corrected chi connectivity index (χ1v) is 8.44. The van der Waals surface area contributed by atoms with E-state index in [1.54, 1.807) is 29.7 Å². The lowest BCUT2D eigenvalue weighted by Gasteiger charge is -2.04. The number of benzene rings is 2. The van der Waals surface area contributed by atoms with Crippen LogP contribution in [0.5, 0.6) is 0 Å². The van der Waals surface area contributed by atoms with Crippen molar-refractivity contribution in [2.75, 3.05) is 0 Å². The number of aromatic nitrogens is 1. The van der Waals surface area contributed by atoms with Gasteiger partial charge in [0.25, 0.3) is 0 Å². The summed E-state index contributed by atoms with van der Waals surface area (Å²) in [6.07, 6.45) is 1.89. The summed E-state index contributed by atoms with van der Waals surface area (Å²) in [5.41, 5.74) is 3.95. The largest absolute Gasteiger partial charge is 0.462 e. The van der Waals surface area contributed by atoms with Crippen molar-refractivity contribution in [1.29, 1.82) is 0 Å². The second-order valence-corrected chi connectivity index (χ2v) is 6.04. The molecule has 0 bridgehead atoms. The molecule has 4 aromatic rings. The zero-order chi connectivity index (χ0) is 18.4. The summed E-state index contributed by atoms with van der Waals surface area (Å²) >= 11 is 1.55. The number of carbonyl (C=O) groups excluding carboxylic acids is 2. The van der Waals surface area contributed by atoms with Gasteiger partial charge in [-0.1, -0.05) is 30.3 Å². The summed E-state index contributed by atoms with van der Waals surface area (Å²) in [4.78, 5) is 20.9. The summed E-state index contributed by atoms with van der Waals surface area (Å²) in [6.45, 7) is 0. The van der Waals surface area contributed by atoms with Crippen LogP contribution in [0, 0.1) is 5.82 Å². The molecular formula is C20H12FNO3S. The van der Waals surface area contributed by atoms with Crippen molar-refractivity contribution in [3.8, 4) is 33.2 Å². The molecular weight excluding hydrogens is 353 g/mol. The fourth-order valence-corrected chi connectivity index (χ4v) is 3.22. The van der Waals surface area contributed by atoms with Crippen LogP contribution in [0.15, 0.2) is 76.7 Å². The maximum absolute atomic E-state index is 13.1. The SMILES string of the molecule is Fc1ccc(-c2cccc(-c3csc(-c4ccco4)n3)c2)cc1.O=C=O. The third-order valence-corrected chi connectivity index (χ3v) is 4.43. The minimum atomic E-state index is -0.229. The Morgan fingerprint density at radius 3 is 2.35 bits per heavy atom. The molecule has 0 fully saturated rings. The number of halogens is 1. The summed E-state index contributed by atoms with van der Waals surface area (Å²) in [7, 11) is 0.